The summed E-state index contributed by atoms with van der Waals surface area (Å²) < 4.78 is 18.4. The van der Waals surface area contributed by atoms with Crippen LogP contribution < -0.4 is 4.74 Å². The van der Waals surface area contributed by atoms with E-state index < -0.39 is 0 Å². The molecule has 0 saturated carbocycles. The van der Waals surface area contributed by atoms with Crippen molar-refractivity contribution in [2.75, 3.05) is 20.2 Å². The van der Waals surface area contributed by atoms with Crippen LogP contribution in [0.15, 0.2) is 53.7 Å². The number of carbonyl (C=O) groups is 1. The molecule has 1 saturated heterocycles. The SMILES string of the molecule is COc1ccccc1C(=O)N1CC2ON=C(c3ccc(F)cc3)C2C1. The molecule has 2 aliphatic heterocycles. The number of rotatable bonds is 3. The number of halogens is 1. The summed E-state index contributed by atoms with van der Waals surface area (Å²) in [5, 5.41) is 4.15. The molecule has 2 heterocycles. The van der Waals surface area contributed by atoms with Crippen LogP contribution in [0.5, 0.6) is 5.75 Å². The van der Waals surface area contributed by atoms with Gasteiger partial charge in [-0.05, 0) is 24.3 Å². The van der Waals surface area contributed by atoms with Crippen LogP contribution in [0.25, 0.3) is 0 Å². The quantitative estimate of drug-likeness (QED) is 0.863. The van der Waals surface area contributed by atoms with Gasteiger partial charge in [0.15, 0.2) is 6.10 Å². The van der Waals surface area contributed by atoms with Crippen LogP contribution in [0, 0.1) is 11.7 Å². The molecule has 5 nitrogen and oxygen atoms in total. The summed E-state index contributed by atoms with van der Waals surface area (Å²) >= 11 is 0. The van der Waals surface area contributed by atoms with Gasteiger partial charge in [-0.2, -0.15) is 0 Å². The molecule has 2 unspecified atom stereocenters. The third kappa shape index (κ3) is 2.73. The van der Waals surface area contributed by atoms with Crippen LogP contribution >= 0.6 is 0 Å². The highest BCUT2D eigenvalue weighted by molar-refractivity contribution is 6.04. The van der Waals surface area contributed by atoms with Crippen molar-refractivity contribution in [1.29, 1.82) is 0 Å². The van der Waals surface area contributed by atoms with E-state index in [9.17, 15) is 9.18 Å². The number of hydrogen-bond donors (Lipinski definition) is 0. The van der Waals surface area contributed by atoms with Gasteiger partial charge in [-0.3, -0.25) is 4.79 Å². The van der Waals surface area contributed by atoms with Gasteiger partial charge in [0.25, 0.3) is 5.91 Å². The molecule has 25 heavy (non-hydrogen) atoms. The van der Waals surface area contributed by atoms with Crippen molar-refractivity contribution in [3.63, 3.8) is 0 Å². The van der Waals surface area contributed by atoms with E-state index in [2.05, 4.69) is 5.16 Å². The topological polar surface area (TPSA) is 51.1 Å². The van der Waals surface area contributed by atoms with Crippen LogP contribution in [0.3, 0.4) is 0 Å². The summed E-state index contributed by atoms with van der Waals surface area (Å²) in [6.45, 7) is 0.980. The average molecular weight is 340 g/mol. The zero-order valence-electron chi connectivity index (χ0n) is 13.7. The fourth-order valence-electron chi connectivity index (χ4n) is 3.38. The Balaban J connectivity index is 1.54. The van der Waals surface area contributed by atoms with E-state index in [4.69, 9.17) is 9.57 Å². The molecule has 2 aromatic rings. The number of nitrogens with zero attached hydrogens (tertiary/aromatic N) is 2. The monoisotopic (exact) mass is 340 g/mol. The molecule has 128 valence electrons. The number of carbonyl (C=O) groups excluding carboxylic acids is 1. The number of amides is 1. The maximum Gasteiger partial charge on any atom is 0.257 e. The highest BCUT2D eigenvalue weighted by Crippen LogP contribution is 2.32. The van der Waals surface area contributed by atoms with Crippen molar-refractivity contribution in [1.82, 2.24) is 4.90 Å². The highest BCUT2D eigenvalue weighted by atomic mass is 19.1. The van der Waals surface area contributed by atoms with Crippen LogP contribution in [0.4, 0.5) is 4.39 Å². The Hall–Kier alpha value is -2.89. The molecule has 2 aliphatic rings. The fourth-order valence-corrected chi connectivity index (χ4v) is 3.38. The normalized spacial score (nSPS) is 21.5. The zero-order valence-corrected chi connectivity index (χ0v) is 13.7. The Labute approximate surface area is 144 Å². The van der Waals surface area contributed by atoms with Gasteiger partial charge in [-0.25, -0.2) is 4.39 Å². The lowest BCUT2D eigenvalue weighted by Crippen LogP contribution is -2.30. The van der Waals surface area contributed by atoms with Crippen molar-refractivity contribution >= 4 is 11.6 Å². The van der Waals surface area contributed by atoms with Gasteiger partial charge in [0, 0.05) is 12.1 Å². The van der Waals surface area contributed by atoms with E-state index in [-0.39, 0.29) is 23.7 Å². The molecule has 1 fully saturated rings. The van der Waals surface area contributed by atoms with Crippen molar-refractivity contribution < 1.29 is 18.8 Å². The molecule has 4 rings (SSSR count). The average Bonchev–Trinajstić information content (AvgIpc) is 3.22. The summed E-state index contributed by atoms with van der Waals surface area (Å²) in [7, 11) is 1.55. The number of fused-ring (bicyclic) bond motifs is 1. The summed E-state index contributed by atoms with van der Waals surface area (Å²) in [5.41, 5.74) is 2.12. The maximum atomic E-state index is 13.1. The molecule has 0 N–H and O–H groups in total. The van der Waals surface area contributed by atoms with Gasteiger partial charge in [-0.1, -0.05) is 29.4 Å². The second-order valence-corrected chi connectivity index (χ2v) is 6.14. The lowest BCUT2D eigenvalue weighted by Gasteiger charge is -2.18. The van der Waals surface area contributed by atoms with Crippen LogP contribution in [-0.2, 0) is 4.84 Å². The van der Waals surface area contributed by atoms with Crippen LogP contribution in [-0.4, -0.2) is 42.8 Å². The van der Waals surface area contributed by atoms with Crippen molar-refractivity contribution in [2.45, 2.75) is 6.10 Å². The number of benzene rings is 2. The smallest absolute Gasteiger partial charge is 0.257 e. The summed E-state index contributed by atoms with van der Waals surface area (Å²) in [6.07, 6.45) is -0.168. The molecule has 0 radical (unpaired) electrons. The Morgan fingerprint density at radius 1 is 1.20 bits per heavy atom. The summed E-state index contributed by atoms with van der Waals surface area (Å²) in [4.78, 5) is 20.1. The van der Waals surface area contributed by atoms with E-state index in [1.807, 2.05) is 12.1 Å². The number of ether oxygens (including phenoxy) is 1. The molecule has 0 aliphatic carbocycles. The Morgan fingerprint density at radius 2 is 1.96 bits per heavy atom. The van der Waals surface area contributed by atoms with Gasteiger partial charge in [0.2, 0.25) is 0 Å². The molecule has 1 amide bonds. The van der Waals surface area contributed by atoms with E-state index in [0.717, 1.165) is 11.3 Å². The van der Waals surface area contributed by atoms with Crippen molar-refractivity contribution in [3.8, 4) is 5.75 Å². The first-order valence-electron chi connectivity index (χ1n) is 8.09. The summed E-state index contributed by atoms with van der Waals surface area (Å²) in [6, 6.07) is 13.3. The number of oxime groups is 1. The van der Waals surface area contributed by atoms with Crippen molar-refractivity contribution in [3.05, 3.63) is 65.5 Å². The second-order valence-electron chi connectivity index (χ2n) is 6.14. The number of methoxy groups -OCH3 is 1. The molecular weight excluding hydrogens is 323 g/mol. The van der Waals surface area contributed by atoms with Gasteiger partial charge in [0.1, 0.15) is 11.6 Å². The Morgan fingerprint density at radius 3 is 2.72 bits per heavy atom. The van der Waals surface area contributed by atoms with E-state index in [1.54, 1.807) is 36.3 Å². The minimum atomic E-state index is -0.292. The number of likely N-dealkylation sites (tertiary alicyclic amines) is 1. The Kier molecular flexibility index (Phi) is 3.87. The number of hydrogen-bond acceptors (Lipinski definition) is 4. The van der Waals surface area contributed by atoms with Gasteiger partial charge in [-0.15, -0.1) is 0 Å². The molecule has 0 aromatic heterocycles. The minimum Gasteiger partial charge on any atom is -0.496 e. The van der Waals surface area contributed by atoms with Crippen LogP contribution in [0.1, 0.15) is 15.9 Å². The lowest BCUT2D eigenvalue weighted by atomic mass is 9.95. The maximum absolute atomic E-state index is 13.1. The molecular formula is C19H17FN2O3. The summed E-state index contributed by atoms with van der Waals surface area (Å²) in [5.74, 6) is 0.162. The third-order valence-corrected chi connectivity index (χ3v) is 4.67. The largest absolute Gasteiger partial charge is 0.496 e. The first-order valence-corrected chi connectivity index (χ1v) is 8.09. The Bertz CT molecular complexity index is 835. The van der Waals surface area contributed by atoms with Crippen molar-refractivity contribution in [2.24, 2.45) is 11.1 Å². The van der Waals surface area contributed by atoms with E-state index in [1.165, 1.54) is 12.1 Å². The standard InChI is InChI=1S/C19H17FN2O3/c1-24-16-5-3-2-4-14(16)19(23)22-10-15-17(11-22)25-21-18(15)12-6-8-13(20)9-7-12/h2-9,15,17H,10-11H2,1H3. The molecule has 2 aromatic carbocycles. The van der Waals surface area contributed by atoms with Gasteiger partial charge < -0.3 is 14.5 Å². The third-order valence-electron chi connectivity index (χ3n) is 4.67. The fraction of sp³-hybridized carbons (Fsp3) is 0.263. The highest BCUT2D eigenvalue weighted by Gasteiger charge is 2.44. The molecule has 2 atom stereocenters. The first-order chi connectivity index (χ1) is 12.2. The van der Waals surface area contributed by atoms with E-state index in [0.29, 0.717) is 24.4 Å². The minimum absolute atomic E-state index is 0.0101. The molecule has 0 bridgehead atoms. The predicted molar refractivity (Wildman–Crippen MR) is 90.2 cm³/mol. The first kappa shape index (κ1) is 15.6. The lowest BCUT2D eigenvalue weighted by molar-refractivity contribution is 0.0629. The van der Waals surface area contributed by atoms with E-state index >= 15 is 0 Å². The molecule has 6 heteroatoms. The van der Waals surface area contributed by atoms with Crippen LogP contribution in [0.2, 0.25) is 0 Å². The predicted octanol–water partition coefficient (Wildman–Crippen LogP) is 2.71. The second kappa shape index (κ2) is 6.20. The van der Waals surface area contributed by atoms with Gasteiger partial charge >= 0.3 is 0 Å². The zero-order chi connectivity index (χ0) is 17.4. The van der Waals surface area contributed by atoms with Gasteiger partial charge in [0.05, 0.1) is 30.8 Å². The molecule has 0 spiro atoms. The number of para-hydroxylation sites is 1.